The molecule has 0 rings (SSSR count). The van der Waals surface area contributed by atoms with E-state index >= 15 is 0 Å². The molecule has 2 nitrogen and oxygen atoms in total. The molecule has 0 fully saturated rings. The molecule has 2 heteroatoms. The smallest absolute Gasteiger partial charge is 0.119 e. The summed E-state index contributed by atoms with van der Waals surface area (Å²) in [5.41, 5.74) is 0. The van der Waals surface area contributed by atoms with Crippen LogP contribution in [0.5, 0.6) is 0 Å². The topological polar surface area (TPSA) is 20.3 Å². The van der Waals surface area contributed by atoms with Crippen LogP contribution in [-0.2, 0) is 4.79 Å². The zero-order valence-electron chi connectivity index (χ0n) is 13.3. The third-order valence-corrected chi connectivity index (χ3v) is 3.82. The fraction of sp³-hybridized carbons (Fsp3) is 0.941. The quantitative estimate of drug-likeness (QED) is 0.314. The highest BCUT2D eigenvalue weighted by Gasteiger charge is 2.01. The molecule has 0 saturated carbocycles. The van der Waals surface area contributed by atoms with E-state index in [1.807, 2.05) is 0 Å². The molecule has 0 bridgehead atoms. The van der Waals surface area contributed by atoms with Gasteiger partial charge in [0.1, 0.15) is 6.29 Å². The summed E-state index contributed by atoms with van der Waals surface area (Å²) in [6, 6.07) is 0. The lowest BCUT2D eigenvalue weighted by molar-refractivity contribution is -0.107. The first-order chi connectivity index (χ1) is 9.35. The van der Waals surface area contributed by atoms with Gasteiger partial charge in [-0.15, -0.1) is 0 Å². The maximum Gasteiger partial charge on any atom is 0.119 e. The van der Waals surface area contributed by atoms with Crippen molar-refractivity contribution < 1.29 is 4.79 Å². The summed E-state index contributed by atoms with van der Waals surface area (Å²) in [6.45, 7) is 8.17. The Hall–Kier alpha value is -0.370. The van der Waals surface area contributed by atoms with E-state index in [-0.39, 0.29) is 0 Å². The minimum absolute atomic E-state index is 0.740. The molecule has 0 saturated heterocycles. The molecule has 0 spiro atoms. The summed E-state index contributed by atoms with van der Waals surface area (Å²) in [5.74, 6) is 0. The number of unbranched alkanes of at least 4 members (excludes halogenated alkanes) is 9. The van der Waals surface area contributed by atoms with Gasteiger partial charge in [-0.05, 0) is 38.9 Å². The minimum Gasteiger partial charge on any atom is -0.304 e. The first-order valence-corrected chi connectivity index (χ1v) is 8.51. The van der Waals surface area contributed by atoms with Crippen molar-refractivity contribution in [2.75, 3.05) is 19.6 Å². The minimum atomic E-state index is 0.740. The van der Waals surface area contributed by atoms with E-state index in [9.17, 15) is 4.79 Å². The van der Waals surface area contributed by atoms with Gasteiger partial charge in [0.15, 0.2) is 0 Å². The fourth-order valence-corrected chi connectivity index (χ4v) is 2.46. The number of hydrogen-bond donors (Lipinski definition) is 0. The van der Waals surface area contributed by atoms with Crippen LogP contribution in [0, 0.1) is 0 Å². The van der Waals surface area contributed by atoms with Crippen LogP contribution in [0.25, 0.3) is 0 Å². The first kappa shape index (κ1) is 18.6. The number of carbonyl (C=O) groups excluding carboxylic acids is 1. The summed E-state index contributed by atoms with van der Waals surface area (Å²) < 4.78 is 0. The molecule has 0 N–H and O–H groups in total. The van der Waals surface area contributed by atoms with Crippen LogP contribution in [0.4, 0.5) is 0 Å². The highest BCUT2D eigenvalue weighted by molar-refractivity contribution is 5.48. The number of nitrogens with zero attached hydrogens (tertiary/aromatic N) is 1. The van der Waals surface area contributed by atoms with E-state index < -0.39 is 0 Å². The maximum absolute atomic E-state index is 10.2. The number of rotatable bonds is 15. The van der Waals surface area contributed by atoms with Crippen LogP contribution in [0.3, 0.4) is 0 Å². The highest BCUT2D eigenvalue weighted by Crippen LogP contribution is 2.08. The number of hydrogen-bond acceptors (Lipinski definition) is 2. The molecular formula is C17H35NO. The molecule has 0 atom stereocenters. The van der Waals surface area contributed by atoms with E-state index in [0.29, 0.717) is 0 Å². The van der Waals surface area contributed by atoms with Crippen molar-refractivity contribution >= 4 is 6.29 Å². The van der Waals surface area contributed by atoms with Crippen molar-refractivity contribution in [3.8, 4) is 0 Å². The van der Waals surface area contributed by atoms with Gasteiger partial charge in [0.25, 0.3) is 0 Å². The lowest BCUT2D eigenvalue weighted by Crippen LogP contribution is -2.25. The van der Waals surface area contributed by atoms with Gasteiger partial charge in [-0.1, -0.05) is 58.8 Å². The molecule has 0 aromatic heterocycles. The molecule has 0 aromatic carbocycles. The van der Waals surface area contributed by atoms with Gasteiger partial charge < -0.3 is 9.69 Å². The van der Waals surface area contributed by atoms with E-state index in [0.717, 1.165) is 19.1 Å². The van der Waals surface area contributed by atoms with E-state index in [2.05, 4.69) is 18.7 Å². The largest absolute Gasteiger partial charge is 0.304 e. The van der Waals surface area contributed by atoms with Crippen molar-refractivity contribution in [3.63, 3.8) is 0 Å². The normalized spacial score (nSPS) is 11.1. The molecule has 0 unspecified atom stereocenters. The van der Waals surface area contributed by atoms with Crippen molar-refractivity contribution in [1.29, 1.82) is 0 Å². The van der Waals surface area contributed by atoms with Gasteiger partial charge in [0.2, 0.25) is 0 Å². The Labute approximate surface area is 120 Å². The molecule has 0 radical (unpaired) electrons. The Kier molecular flexibility index (Phi) is 15.4. The Bertz CT molecular complexity index is 182. The zero-order valence-corrected chi connectivity index (χ0v) is 13.3. The molecule has 19 heavy (non-hydrogen) atoms. The van der Waals surface area contributed by atoms with Gasteiger partial charge in [0, 0.05) is 6.42 Å². The first-order valence-electron chi connectivity index (χ1n) is 8.51. The fourth-order valence-electron chi connectivity index (χ4n) is 2.46. The van der Waals surface area contributed by atoms with Crippen LogP contribution in [0.1, 0.15) is 84.5 Å². The van der Waals surface area contributed by atoms with Gasteiger partial charge in [-0.3, -0.25) is 0 Å². The second-order valence-electron chi connectivity index (χ2n) is 5.57. The summed E-state index contributed by atoms with van der Waals surface area (Å²) in [7, 11) is 0. The standard InChI is InChI=1S/C17H35NO/c1-3-5-6-7-8-9-12-15-18(4-2)16-13-10-11-14-17-19/h17H,3-16H2,1-2H3. The van der Waals surface area contributed by atoms with Crippen molar-refractivity contribution in [2.45, 2.75) is 84.5 Å². The molecule has 0 aromatic rings. The van der Waals surface area contributed by atoms with Crippen LogP contribution >= 0.6 is 0 Å². The summed E-state index contributed by atoms with van der Waals surface area (Å²) in [4.78, 5) is 12.8. The summed E-state index contributed by atoms with van der Waals surface area (Å²) >= 11 is 0. The molecule has 0 aliphatic heterocycles. The third kappa shape index (κ3) is 13.9. The molecule has 0 aliphatic rings. The summed E-state index contributed by atoms with van der Waals surface area (Å²) in [5, 5.41) is 0. The number of aldehydes is 1. The Morgan fingerprint density at radius 2 is 1.26 bits per heavy atom. The van der Waals surface area contributed by atoms with Crippen molar-refractivity contribution in [1.82, 2.24) is 4.90 Å². The molecule has 0 amide bonds. The van der Waals surface area contributed by atoms with Gasteiger partial charge in [0.05, 0.1) is 0 Å². The van der Waals surface area contributed by atoms with E-state index in [1.54, 1.807) is 0 Å². The maximum atomic E-state index is 10.2. The Balaban J connectivity index is 3.31. The van der Waals surface area contributed by atoms with Crippen LogP contribution in [-0.4, -0.2) is 30.8 Å². The molecule has 114 valence electrons. The predicted octanol–water partition coefficient (Wildman–Crippen LogP) is 4.82. The SMILES string of the molecule is CCCCCCCCCN(CC)CCCCCC=O. The second kappa shape index (κ2) is 15.7. The zero-order chi connectivity index (χ0) is 14.2. The Morgan fingerprint density at radius 1 is 0.737 bits per heavy atom. The second-order valence-corrected chi connectivity index (χ2v) is 5.57. The molecule has 0 aliphatic carbocycles. The third-order valence-electron chi connectivity index (χ3n) is 3.82. The van der Waals surface area contributed by atoms with Crippen LogP contribution < -0.4 is 0 Å². The monoisotopic (exact) mass is 269 g/mol. The summed E-state index contributed by atoms with van der Waals surface area (Å²) in [6.07, 6.45) is 15.0. The lowest BCUT2D eigenvalue weighted by Gasteiger charge is -2.20. The lowest BCUT2D eigenvalue weighted by atomic mass is 10.1. The van der Waals surface area contributed by atoms with Crippen LogP contribution in [0.2, 0.25) is 0 Å². The van der Waals surface area contributed by atoms with Crippen molar-refractivity contribution in [3.05, 3.63) is 0 Å². The Morgan fingerprint density at radius 3 is 1.79 bits per heavy atom. The van der Waals surface area contributed by atoms with Gasteiger partial charge in [-0.2, -0.15) is 0 Å². The average Bonchev–Trinajstić information content (AvgIpc) is 2.44. The molecule has 0 heterocycles. The van der Waals surface area contributed by atoms with Crippen LogP contribution in [0.15, 0.2) is 0 Å². The van der Waals surface area contributed by atoms with E-state index in [4.69, 9.17) is 0 Å². The molecular weight excluding hydrogens is 234 g/mol. The predicted molar refractivity (Wildman–Crippen MR) is 84.6 cm³/mol. The average molecular weight is 269 g/mol. The van der Waals surface area contributed by atoms with E-state index in [1.165, 1.54) is 77.4 Å². The van der Waals surface area contributed by atoms with Gasteiger partial charge in [-0.25, -0.2) is 0 Å². The van der Waals surface area contributed by atoms with Crippen molar-refractivity contribution in [2.24, 2.45) is 0 Å². The number of carbonyl (C=O) groups is 1. The van der Waals surface area contributed by atoms with Gasteiger partial charge >= 0.3 is 0 Å². The highest BCUT2D eigenvalue weighted by atomic mass is 16.1.